The van der Waals surface area contributed by atoms with Crippen molar-refractivity contribution in [2.45, 2.75) is 102 Å². The van der Waals surface area contributed by atoms with E-state index in [0.29, 0.717) is 19.3 Å². The molecule has 0 radical (unpaired) electrons. The van der Waals surface area contributed by atoms with Gasteiger partial charge in [-0.3, -0.25) is 23.2 Å². The van der Waals surface area contributed by atoms with Crippen molar-refractivity contribution < 1.29 is 76.9 Å². The molecular weight excluding hydrogens is 558 g/mol. The van der Waals surface area contributed by atoms with Gasteiger partial charge in [-0.1, -0.05) is 33.1 Å². The fourth-order valence-corrected chi connectivity index (χ4v) is 4.95. The quantitative estimate of drug-likeness (QED) is 0.0643. The van der Waals surface area contributed by atoms with Crippen molar-refractivity contribution in [2.75, 3.05) is 13.2 Å². The van der Waals surface area contributed by atoms with Crippen LogP contribution in [-0.4, -0.2) is 103 Å². The Morgan fingerprint density at radius 3 is 1.74 bits per heavy atom. The second kappa shape index (κ2) is 16.3. The predicted octanol–water partition coefficient (Wildman–Crippen LogP) is -0.351. The summed E-state index contributed by atoms with van der Waals surface area (Å²) in [7, 11) is -10.5. The second-order valence-corrected chi connectivity index (χ2v) is 11.3. The lowest BCUT2D eigenvalue weighted by Gasteiger charge is -2.43. The fraction of sp³-hybridized carbons (Fsp3) is 0.900. The van der Waals surface area contributed by atoms with Crippen molar-refractivity contribution >= 4 is 27.6 Å². The van der Waals surface area contributed by atoms with Crippen LogP contribution in [0.2, 0.25) is 0 Å². The van der Waals surface area contributed by atoms with Gasteiger partial charge in [-0.2, -0.15) is 0 Å². The van der Waals surface area contributed by atoms with Crippen molar-refractivity contribution in [1.82, 2.24) is 0 Å². The molecule has 0 saturated heterocycles. The van der Waals surface area contributed by atoms with Gasteiger partial charge in [-0.25, -0.2) is 9.13 Å². The van der Waals surface area contributed by atoms with E-state index >= 15 is 0 Å². The van der Waals surface area contributed by atoms with Crippen LogP contribution in [0.5, 0.6) is 0 Å². The van der Waals surface area contributed by atoms with Gasteiger partial charge in [0.2, 0.25) is 0 Å². The molecule has 0 bridgehead atoms. The summed E-state index contributed by atoms with van der Waals surface area (Å²) in [4.78, 5) is 51.8. The summed E-state index contributed by atoms with van der Waals surface area (Å²) in [6, 6.07) is 0. The van der Waals surface area contributed by atoms with E-state index in [1.54, 1.807) is 0 Å². The van der Waals surface area contributed by atoms with Crippen molar-refractivity contribution in [2.24, 2.45) is 0 Å². The zero-order valence-corrected chi connectivity index (χ0v) is 22.9. The van der Waals surface area contributed by atoms with Gasteiger partial charge in [-0.15, -0.1) is 0 Å². The number of aliphatic hydroxyl groups excluding tert-OH is 4. The van der Waals surface area contributed by atoms with E-state index in [2.05, 4.69) is 4.52 Å². The number of rotatable bonds is 17. The van der Waals surface area contributed by atoms with Crippen molar-refractivity contribution in [3.8, 4) is 0 Å². The third-order valence-electron chi connectivity index (χ3n) is 5.43. The molecule has 0 aromatic rings. The number of esters is 2. The third-order valence-corrected chi connectivity index (χ3v) is 6.93. The van der Waals surface area contributed by atoms with E-state index in [1.165, 1.54) is 0 Å². The molecule has 224 valence electrons. The minimum atomic E-state index is -5.27. The van der Waals surface area contributed by atoms with Crippen molar-refractivity contribution in [3.63, 3.8) is 0 Å². The molecule has 0 aliphatic heterocycles. The van der Waals surface area contributed by atoms with Gasteiger partial charge >= 0.3 is 27.6 Å². The first kappa shape index (κ1) is 35.0. The van der Waals surface area contributed by atoms with Crippen LogP contribution in [0.25, 0.3) is 0 Å². The smallest absolute Gasteiger partial charge is 0.462 e. The summed E-state index contributed by atoms with van der Waals surface area (Å²) in [6.45, 7) is 2.47. The molecule has 6 atom stereocenters. The number of carbonyl (C=O) groups is 2. The highest BCUT2D eigenvalue weighted by Crippen LogP contribution is 2.48. The van der Waals surface area contributed by atoms with E-state index in [-0.39, 0.29) is 12.8 Å². The van der Waals surface area contributed by atoms with E-state index in [9.17, 15) is 44.0 Å². The molecule has 0 heterocycles. The Morgan fingerprint density at radius 2 is 1.24 bits per heavy atom. The number of hydrogen-bond donors (Lipinski definition) is 7. The molecule has 0 aromatic carbocycles. The summed E-state index contributed by atoms with van der Waals surface area (Å²) in [6.07, 6.45) is -11.1. The molecule has 1 rings (SSSR count). The minimum absolute atomic E-state index is 0.0266. The summed E-state index contributed by atoms with van der Waals surface area (Å²) in [5.41, 5.74) is 0. The Kier molecular flexibility index (Phi) is 15.0. The van der Waals surface area contributed by atoms with Gasteiger partial charge in [-0.05, 0) is 12.8 Å². The Labute approximate surface area is 219 Å². The average Bonchev–Trinajstić information content (AvgIpc) is 2.83. The maximum Gasteiger partial charge on any atom is 0.472 e. The highest BCUT2D eigenvalue weighted by Gasteiger charge is 2.54. The number of unbranched alkanes of at least 4 members (excludes halogenated alkanes) is 3. The Hall–Kier alpha value is -1.00. The van der Waals surface area contributed by atoms with Crippen molar-refractivity contribution in [3.05, 3.63) is 0 Å². The molecule has 1 saturated carbocycles. The lowest BCUT2D eigenvalue weighted by Crippen LogP contribution is -2.64. The number of aliphatic hydroxyl groups is 4. The van der Waals surface area contributed by atoms with E-state index in [4.69, 9.17) is 28.3 Å². The summed E-state index contributed by atoms with van der Waals surface area (Å²) >= 11 is 0. The fourth-order valence-electron chi connectivity index (χ4n) is 3.41. The highest BCUT2D eigenvalue weighted by atomic mass is 31.2. The molecule has 1 fully saturated rings. The van der Waals surface area contributed by atoms with Crippen LogP contribution < -0.4 is 0 Å². The Morgan fingerprint density at radius 1 is 0.737 bits per heavy atom. The molecule has 16 nitrogen and oxygen atoms in total. The van der Waals surface area contributed by atoms with E-state index in [0.717, 1.165) is 12.8 Å². The first-order valence-electron chi connectivity index (χ1n) is 12.1. The second-order valence-electron chi connectivity index (χ2n) is 8.71. The number of phosphoric acid groups is 2. The van der Waals surface area contributed by atoms with Gasteiger partial charge in [0, 0.05) is 12.8 Å². The number of ether oxygens (including phenoxy) is 2. The molecule has 7 N–H and O–H groups in total. The van der Waals surface area contributed by atoms with Crippen LogP contribution in [0.15, 0.2) is 0 Å². The molecule has 0 aromatic heterocycles. The van der Waals surface area contributed by atoms with Gasteiger partial charge in [0.05, 0.1) is 6.61 Å². The molecular formula is C20H38O16P2. The van der Waals surface area contributed by atoms with Crippen LogP contribution in [0.3, 0.4) is 0 Å². The van der Waals surface area contributed by atoms with Crippen LogP contribution in [0.4, 0.5) is 0 Å². The SMILES string of the molecule is CCCCCC(=O)OCC(COP(=O)(O)OC1C(O)C(O)C(OP(=O)(O)O)C(O)C1O)OC(=O)CCCC. The van der Waals surface area contributed by atoms with Crippen LogP contribution in [-0.2, 0) is 41.8 Å². The van der Waals surface area contributed by atoms with Crippen LogP contribution >= 0.6 is 15.6 Å². The molecule has 1 aliphatic rings. The van der Waals surface area contributed by atoms with Gasteiger partial charge < -0.3 is 44.6 Å². The van der Waals surface area contributed by atoms with E-state index in [1.807, 2.05) is 13.8 Å². The number of hydrogen-bond acceptors (Lipinski definition) is 13. The zero-order chi connectivity index (χ0) is 29.1. The molecule has 1 aliphatic carbocycles. The molecule has 6 unspecified atom stereocenters. The predicted molar refractivity (Wildman–Crippen MR) is 126 cm³/mol. The van der Waals surface area contributed by atoms with E-state index < -0.39 is 83.5 Å². The largest absolute Gasteiger partial charge is 0.472 e. The monoisotopic (exact) mass is 596 g/mol. The number of carbonyl (C=O) groups excluding carboxylic acids is 2. The zero-order valence-electron chi connectivity index (χ0n) is 21.1. The molecule has 38 heavy (non-hydrogen) atoms. The summed E-state index contributed by atoms with van der Waals surface area (Å²) in [5.74, 6) is -1.27. The average molecular weight is 596 g/mol. The molecule has 0 amide bonds. The first-order valence-corrected chi connectivity index (χ1v) is 15.1. The Balaban J connectivity index is 2.83. The maximum absolute atomic E-state index is 12.5. The minimum Gasteiger partial charge on any atom is -0.462 e. The maximum atomic E-state index is 12.5. The normalized spacial score (nSPS) is 28.3. The molecule has 18 heteroatoms. The van der Waals surface area contributed by atoms with Gasteiger partial charge in [0.1, 0.15) is 43.2 Å². The molecule has 0 spiro atoms. The van der Waals surface area contributed by atoms with Crippen LogP contribution in [0.1, 0.15) is 58.8 Å². The highest BCUT2D eigenvalue weighted by molar-refractivity contribution is 7.47. The van der Waals surface area contributed by atoms with Gasteiger partial charge in [0.25, 0.3) is 0 Å². The lowest BCUT2D eigenvalue weighted by molar-refractivity contribution is -0.216. The first-order chi connectivity index (χ1) is 17.6. The third kappa shape index (κ3) is 12.5. The van der Waals surface area contributed by atoms with Gasteiger partial charge in [0.15, 0.2) is 6.10 Å². The topological polar surface area (TPSA) is 256 Å². The standard InChI is InChI=1S/C20H38O16P2/c1-3-5-7-9-13(21)32-10-12(34-14(22)8-6-4-2)11-33-38(30,31)36-20-17(25)15(23)19(16(24)18(20)26)35-37(27,28)29/h12,15-20,23-26H,3-11H2,1-2H3,(H,30,31)(H2,27,28,29). The van der Waals surface area contributed by atoms with Crippen LogP contribution in [0, 0.1) is 0 Å². The Bertz CT molecular complexity index is 818. The summed E-state index contributed by atoms with van der Waals surface area (Å²) < 4.78 is 47.4. The lowest BCUT2D eigenvalue weighted by atomic mass is 9.85. The number of phosphoric ester groups is 2. The van der Waals surface area contributed by atoms with Crippen molar-refractivity contribution in [1.29, 1.82) is 0 Å². The summed E-state index contributed by atoms with van der Waals surface area (Å²) in [5, 5.41) is 40.5.